The monoisotopic (exact) mass is 470 g/mol. The average Bonchev–Trinajstić information content (AvgIpc) is 3.51. The largest absolute Gasteiger partial charge is 0.490 e. The molecule has 1 aromatic rings. The van der Waals surface area contributed by atoms with E-state index < -0.39 is 12.1 Å². The number of carboxylic acids is 1. The van der Waals surface area contributed by atoms with E-state index in [0.29, 0.717) is 24.4 Å². The van der Waals surface area contributed by atoms with Crippen LogP contribution in [0.5, 0.6) is 0 Å². The molecule has 0 radical (unpaired) electrons. The molecule has 2 saturated heterocycles. The van der Waals surface area contributed by atoms with Crippen molar-refractivity contribution < 1.29 is 27.9 Å². The molecular weight excluding hydrogens is 435 g/mol. The summed E-state index contributed by atoms with van der Waals surface area (Å²) >= 11 is 0. The first-order valence-electron chi connectivity index (χ1n) is 11.9. The van der Waals surface area contributed by atoms with Gasteiger partial charge in [0.2, 0.25) is 5.91 Å². The third-order valence-corrected chi connectivity index (χ3v) is 7.45. The van der Waals surface area contributed by atoms with Crippen molar-refractivity contribution in [2.24, 2.45) is 5.92 Å². The second kappa shape index (κ2) is 10.9. The van der Waals surface area contributed by atoms with Crippen molar-refractivity contribution in [2.75, 3.05) is 25.0 Å². The Labute approximate surface area is 193 Å². The molecule has 2 aliphatic heterocycles. The highest BCUT2D eigenvalue weighted by molar-refractivity contribution is 5.91. The van der Waals surface area contributed by atoms with E-state index in [9.17, 15) is 18.0 Å². The van der Waals surface area contributed by atoms with Crippen molar-refractivity contribution >= 4 is 23.3 Å². The molecular formula is C24H35F3N3O3+. The standard InChI is InChI=1S/C22H33N3O.C2HF3O2/c1-17-5-4-14-25(17,21-12-13-23-16-21)20-10-8-19(9-11-20)24-22(26)15-18-6-2-3-7-18;3-2(4,5)1(6)7/h8-11,17-18,21,23H,2-7,12-16H2,1H3;(H,6,7)/p+1. The molecule has 0 bridgehead atoms. The lowest BCUT2D eigenvalue weighted by Crippen LogP contribution is -2.59. The van der Waals surface area contributed by atoms with Gasteiger partial charge in [-0.05, 0) is 37.8 Å². The Balaban J connectivity index is 0.000000383. The van der Waals surface area contributed by atoms with Crippen LogP contribution in [0.1, 0.15) is 58.3 Å². The van der Waals surface area contributed by atoms with E-state index >= 15 is 0 Å². The minimum absolute atomic E-state index is 0.183. The number of carbonyl (C=O) groups is 2. The summed E-state index contributed by atoms with van der Waals surface area (Å²) in [5, 5.41) is 13.8. The maximum Gasteiger partial charge on any atom is 0.490 e. The van der Waals surface area contributed by atoms with Crippen LogP contribution in [0.15, 0.2) is 24.3 Å². The van der Waals surface area contributed by atoms with Crippen molar-refractivity contribution in [3.63, 3.8) is 0 Å². The number of carbonyl (C=O) groups excluding carboxylic acids is 1. The molecule has 3 N–H and O–H groups in total. The molecule has 0 spiro atoms. The minimum Gasteiger partial charge on any atom is -0.475 e. The molecule has 3 aliphatic rings. The van der Waals surface area contributed by atoms with Crippen LogP contribution in [0.3, 0.4) is 0 Å². The Morgan fingerprint density at radius 3 is 2.21 bits per heavy atom. The van der Waals surface area contributed by atoms with Crippen molar-refractivity contribution in [3.8, 4) is 0 Å². The van der Waals surface area contributed by atoms with Crippen molar-refractivity contribution in [2.45, 2.75) is 76.6 Å². The normalized spacial score (nSPS) is 27.8. The predicted molar refractivity (Wildman–Crippen MR) is 122 cm³/mol. The smallest absolute Gasteiger partial charge is 0.475 e. The van der Waals surface area contributed by atoms with Gasteiger partial charge in [0.25, 0.3) is 0 Å². The quantitative estimate of drug-likeness (QED) is 0.546. The van der Waals surface area contributed by atoms with Crippen LogP contribution >= 0.6 is 0 Å². The first-order valence-corrected chi connectivity index (χ1v) is 11.9. The fourth-order valence-electron chi connectivity index (χ4n) is 5.78. The maximum atomic E-state index is 12.3. The summed E-state index contributed by atoms with van der Waals surface area (Å²) in [4.78, 5) is 21.2. The highest BCUT2D eigenvalue weighted by atomic mass is 19.4. The Kier molecular flexibility index (Phi) is 8.39. The van der Waals surface area contributed by atoms with Gasteiger partial charge in [-0.25, -0.2) is 4.79 Å². The van der Waals surface area contributed by atoms with Gasteiger partial charge in [0, 0.05) is 56.6 Å². The third-order valence-electron chi connectivity index (χ3n) is 7.45. The van der Waals surface area contributed by atoms with Crippen LogP contribution in [-0.4, -0.2) is 54.9 Å². The summed E-state index contributed by atoms with van der Waals surface area (Å²) in [5.41, 5.74) is 2.38. The number of hydrogen-bond acceptors (Lipinski definition) is 3. The second-order valence-electron chi connectivity index (χ2n) is 9.54. The van der Waals surface area contributed by atoms with Crippen molar-refractivity contribution in [1.82, 2.24) is 9.80 Å². The number of halogens is 3. The zero-order valence-corrected chi connectivity index (χ0v) is 19.2. The highest BCUT2D eigenvalue weighted by Crippen LogP contribution is 2.39. The molecule has 1 aliphatic carbocycles. The van der Waals surface area contributed by atoms with Gasteiger partial charge < -0.3 is 15.7 Å². The molecule has 33 heavy (non-hydrogen) atoms. The third kappa shape index (κ3) is 6.26. The van der Waals surface area contributed by atoms with E-state index in [0.717, 1.165) is 23.3 Å². The molecule has 3 atom stereocenters. The molecule has 4 rings (SSSR count). The molecule has 1 amide bonds. The summed E-state index contributed by atoms with van der Waals surface area (Å²) in [6, 6.07) is 10.2. The van der Waals surface area contributed by atoms with Gasteiger partial charge >= 0.3 is 12.1 Å². The van der Waals surface area contributed by atoms with Crippen LogP contribution in [0.4, 0.5) is 24.5 Å². The molecule has 184 valence electrons. The SMILES string of the molecule is CC1CCC[N+]1(c1ccc(NC(=O)CC2CCCC2)cc1)C1CCNC1.O=C(O)C(F)(F)F. The average molecular weight is 471 g/mol. The Bertz CT molecular complexity index is 803. The van der Waals surface area contributed by atoms with Gasteiger partial charge in [0.15, 0.2) is 0 Å². The highest BCUT2D eigenvalue weighted by Gasteiger charge is 2.48. The first kappa shape index (κ1) is 25.5. The van der Waals surface area contributed by atoms with Gasteiger partial charge in [0.1, 0.15) is 11.7 Å². The lowest BCUT2D eigenvalue weighted by molar-refractivity contribution is -0.192. The number of hydrogen-bond donors (Lipinski definition) is 3. The lowest BCUT2D eigenvalue weighted by atomic mass is 10.0. The number of benzene rings is 1. The number of amides is 1. The van der Waals surface area contributed by atoms with Crippen LogP contribution in [0.2, 0.25) is 0 Å². The number of carboxylic acid groups (broad SMARTS) is 1. The summed E-state index contributed by atoms with van der Waals surface area (Å²) < 4.78 is 32.9. The molecule has 3 unspecified atom stereocenters. The van der Waals surface area contributed by atoms with Crippen molar-refractivity contribution in [1.29, 1.82) is 0 Å². The van der Waals surface area contributed by atoms with E-state index in [1.807, 2.05) is 0 Å². The number of rotatable bonds is 5. The number of alkyl halides is 3. The number of likely N-dealkylation sites (tertiary alicyclic amines) is 1. The zero-order chi connectivity index (χ0) is 24.1. The molecule has 2 heterocycles. The van der Waals surface area contributed by atoms with Gasteiger partial charge in [-0.2, -0.15) is 13.2 Å². The van der Waals surface area contributed by atoms with Gasteiger partial charge in [-0.15, -0.1) is 0 Å². The molecule has 1 saturated carbocycles. The van der Waals surface area contributed by atoms with Crippen LogP contribution in [0.25, 0.3) is 0 Å². The molecule has 9 heteroatoms. The summed E-state index contributed by atoms with van der Waals surface area (Å²) in [5.74, 6) is -1.97. The second-order valence-corrected chi connectivity index (χ2v) is 9.54. The predicted octanol–water partition coefficient (Wildman–Crippen LogP) is 4.69. The van der Waals surface area contributed by atoms with E-state index in [1.165, 1.54) is 57.2 Å². The van der Waals surface area contributed by atoms with Crippen LogP contribution in [-0.2, 0) is 9.59 Å². The number of anilines is 1. The number of nitrogens with one attached hydrogen (secondary N) is 2. The van der Waals surface area contributed by atoms with E-state index in [-0.39, 0.29) is 5.91 Å². The molecule has 1 aromatic carbocycles. The van der Waals surface area contributed by atoms with E-state index in [1.54, 1.807) is 0 Å². The molecule has 0 aromatic heterocycles. The van der Waals surface area contributed by atoms with Crippen LogP contribution in [0, 0.1) is 5.92 Å². The van der Waals surface area contributed by atoms with Gasteiger partial charge in [-0.3, -0.25) is 9.28 Å². The summed E-state index contributed by atoms with van der Waals surface area (Å²) in [7, 11) is 0. The minimum atomic E-state index is -5.08. The van der Waals surface area contributed by atoms with E-state index in [2.05, 4.69) is 41.8 Å². The molecule has 3 fully saturated rings. The summed E-state index contributed by atoms with van der Waals surface area (Å²) in [6.45, 7) is 5.94. The maximum absolute atomic E-state index is 12.3. The Morgan fingerprint density at radius 2 is 1.73 bits per heavy atom. The zero-order valence-electron chi connectivity index (χ0n) is 19.2. The Morgan fingerprint density at radius 1 is 1.09 bits per heavy atom. The fraction of sp³-hybridized carbons (Fsp3) is 0.667. The topological polar surface area (TPSA) is 78.4 Å². The summed E-state index contributed by atoms with van der Waals surface area (Å²) in [6.07, 6.45) is 4.53. The van der Waals surface area contributed by atoms with E-state index in [4.69, 9.17) is 9.90 Å². The van der Waals surface area contributed by atoms with Crippen LogP contribution < -0.4 is 15.1 Å². The first-order chi connectivity index (χ1) is 15.6. The lowest BCUT2D eigenvalue weighted by Gasteiger charge is -2.43. The van der Waals surface area contributed by atoms with Crippen molar-refractivity contribution in [3.05, 3.63) is 24.3 Å². The van der Waals surface area contributed by atoms with Gasteiger partial charge in [0.05, 0.1) is 12.6 Å². The van der Waals surface area contributed by atoms with Gasteiger partial charge in [-0.1, -0.05) is 12.8 Å². The number of nitrogens with zero attached hydrogens (tertiary/aromatic N) is 1. The number of aliphatic carboxylic acids is 1. The Hall–Kier alpha value is -2.13. The molecule has 6 nitrogen and oxygen atoms in total. The fourth-order valence-corrected chi connectivity index (χ4v) is 5.78. The number of quaternary nitrogens is 1.